The Morgan fingerprint density at radius 2 is 1.39 bits per heavy atom. The number of ether oxygens (including phenoxy) is 2. The maximum absolute atomic E-state index is 12.9. The van der Waals surface area contributed by atoms with E-state index in [1.165, 1.54) is 43.8 Å². The molecule has 2 aromatic carbocycles. The number of hydrogen-bond acceptors (Lipinski definition) is 7. The molecule has 1 heterocycles. The molecule has 3 rings (SSSR count). The van der Waals surface area contributed by atoms with Gasteiger partial charge in [0.25, 0.3) is 20.0 Å². The topological polar surface area (TPSA) is 111 Å². The Bertz CT molecular complexity index is 1310. The third-order valence-corrected chi connectivity index (χ3v) is 8.31. The van der Waals surface area contributed by atoms with Crippen LogP contribution in [0, 0.1) is 13.8 Å². The highest BCUT2D eigenvalue weighted by molar-refractivity contribution is 7.93. The van der Waals surface area contributed by atoms with E-state index in [9.17, 15) is 16.8 Å². The highest BCUT2D eigenvalue weighted by Gasteiger charge is 2.23. The monoisotopic (exact) mass is 482 g/mol. The molecular formula is C20H22N2O6S3. The van der Waals surface area contributed by atoms with Crippen molar-refractivity contribution in [2.45, 2.75) is 23.6 Å². The van der Waals surface area contributed by atoms with Gasteiger partial charge in [-0.3, -0.25) is 9.44 Å². The standard InChI is InChI=1S/C20H22N2O6S3/c1-13-11-20(14(2)29-13)31(25,26)22-17-12-15(9-10-19(17)28-4)30(23,24)21-16-7-5-6-8-18(16)27-3/h5-12,21-22H,1-4H3. The Morgan fingerprint density at radius 3 is 2.00 bits per heavy atom. The van der Waals surface area contributed by atoms with Crippen molar-refractivity contribution in [3.8, 4) is 11.5 Å². The number of anilines is 2. The first-order chi connectivity index (χ1) is 14.6. The Labute approximate surface area is 185 Å². The van der Waals surface area contributed by atoms with E-state index in [2.05, 4.69) is 9.44 Å². The van der Waals surface area contributed by atoms with Crippen LogP contribution in [0.1, 0.15) is 9.75 Å². The average Bonchev–Trinajstić information content (AvgIpc) is 3.07. The number of thiophene rings is 1. The fraction of sp³-hybridized carbons (Fsp3) is 0.200. The molecule has 0 saturated heterocycles. The predicted octanol–water partition coefficient (Wildman–Crippen LogP) is 3.98. The van der Waals surface area contributed by atoms with E-state index in [-0.39, 0.29) is 26.9 Å². The minimum absolute atomic E-state index is 0.00801. The van der Waals surface area contributed by atoms with Gasteiger partial charge < -0.3 is 9.47 Å². The van der Waals surface area contributed by atoms with E-state index in [1.807, 2.05) is 6.92 Å². The number of rotatable bonds is 8. The molecule has 11 heteroatoms. The largest absolute Gasteiger partial charge is 0.495 e. The molecule has 0 spiro atoms. The summed E-state index contributed by atoms with van der Waals surface area (Å²) in [4.78, 5) is 1.47. The minimum Gasteiger partial charge on any atom is -0.495 e. The quantitative estimate of drug-likeness (QED) is 0.502. The smallest absolute Gasteiger partial charge is 0.263 e. The maximum Gasteiger partial charge on any atom is 0.263 e. The van der Waals surface area contributed by atoms with Gasteiger partial charge in [-0.1, -0.05) is 12.1 Å². The van der Waals surface area contributed by atoms with Crippen molar-refractivity contribution in [3.63, 3.8) is 0 Å². The summed E-state index contributed by atoms with van der Waals surface area (Å²) in [5.41, 5.74) is 0.265. The maximum atomic E-state index is 12.9. The summed E-state index contributed by atoms with van der Waals surface area (Å²) in [5.74, 6) is 0.535. The van der Waals surface area contributed by atoms with Crippen molar-refractivity contribution in [1.29, 1.82) is 0 Å². The van der Waals surface area contributed by atoms with Crippen LogP contribution in [0.5, 0.6) is 11.5 Å². The van der Waals surface area contributed by atoms with Gasteiger partial charge in [0, 0.05) is 9.75 Å². The molecule has 166 valence electrons. The molecular weight excluding hydrogens is 460 g/mol. The third kappa shape index (κ3) is 4.94. The molecule has 2 N–H and O–H groups in total. The summed E-state index contributed by atoms with van der Waals surface area (Å²) in [6.45, 7) is 3.52. The van der Waals surface area contributed by atoms with Crippen LogP contribution in [0.25, 0.3) is 0 Å². The fourth-order valence-electron chi connectivity index (χ4n) is 2.94. The van der Waals surface area contributed by atoms with Crippen LogP contribution in [0.4, 0.5) is 11.4 Å². The van der Waals surface area contributed by atoms with Crippen molar-refractivity contribution in [2.75, 3.05) is 23.7 Å². The van der Waals surface area contributed by atoms with Crippen LogP contribution in [0.15, 0.2) is 58.3 Å². The van der Waals surface area contributed by atoms with Gasteiger partial charge in [-0.2, -0.15) is 0 Å². The Hall–Kier alpha value is -2.76. The molecule has 31 heavy (non-hydrogen) atoms. The number of benzene rings is 2. The lowest BCUT2D eigenvalue weighted by Crippen LogP contribution is -2.16. The number of hydrogen-bond donors (Lipinski definition) is 2. The number of para-hydroxylation sites is 2. The van der Waals surface area contributed by atoms with Gasteiger partial charge in [0.05, 0.1) is 30.5 Å². The van der Waals surface area contributed by atoms with E-state index >= 15 is 0 Å². The van der Waals surface area contributed by atoms with Crippen molar-refractivity contribution in [1.82, 2.24) is 0 Å². The number of methoxy groups -OCH3 is 2. The normalized spacial score (nSPS) is 11.7. The second kappa shape index (κ2) is 8.77. The predicted molar refractivity (Wildman–Crippen MR) is 121 cm³/mol. The molecule has 0 radical (unpaired) electrons. The first-order valence-corrected chi connectivity index (χ1v) is 12.8. The number of sulfonamides is 2. The van der Waals surface area contributed by atoms with Crippen LogP contribution in [0.3, 0.4) is 0 Å². The Kier molecular flexibility index (Phi) is 6.48. The van der Waals surface area contributed by atoms with Crippen LogP contribution < -0.4 is 18.9 Å². The van der Waals surface area contributed by atoms with Gasteiger partial charge in [0.2, 0.25) is 0 Å². The van der Waals surface area contributed by atoms with Gasteiger partial charge in [0.1, 0.15) is 16.4 Å². The number of aryl methyl sites for hydroxylation is 2. The summed E-state index contributed by atoms with van der Waals surface area (Å²) in [6, 6.07) is 12.1. The van der Waals surface area contributed by atoms with Gasteiger partial charge >= 0.3 is 0 Å². The van der Waals surface area contributed by atoms with Crippen molar-refractivity contribution in [2.24, 2.45) is 0 Å². The highest BCUT2D eigenvalue weighted by atomic mass is 32.2. The van der Waals surface area contributed by atoms with Crippen LogP contribution in [-0.2, 0) is 20.0 Å². The lowest BCUT2D eigenvalue weighted by atomic mass is 10.3. The molecule has 3 aromatic rings. The zero-order valence-corrected chi connectivity index (χ0v) is 19.7. The van der Waals surface area contributed by atoms with Gasteiger partial charge in [-0.15, -0.1) is 11.3 Å². The molecule has 8 nitrogen and oxygen atoms in total. The molecule has 0 fully saturated rings. The average molecular weight is 483 g/mol. The molecule has 0 unspecified atom stereocenters. The molecule has 0 bridgehead atoms. The SMILES string of the molecule is COc1ccccc1NS(=O)(=O)c1ccc(OC)c(NS(=O)(=O)c2cc(C)sc2C)c1. The molecule has 0 amide bonds. The van der Waals surface area contributed by atoms with Gasteiger partial charge in [0.15, 0.2) is 0 Å². The van der Waals surface area contributed by atoms with E-state index in [0.29, 0.717) is 10.6 Å². The highest BCUT2D eigenvalue weighted by Crippen LogP contribution is 2.33. The zero-order valence-electron chi connectivity index (χ0n) is 17.3. The molecule has 0 aliphatic rings. The van der Waals surface area contributed by atoms with Gasteiger partial charge in [-0.25, -0.2) is 16.8 Å². The first kappa shape index (κ1) is 22.9. The van der Waals surface area contributed by atoms with Gasteiger partial charge in [-0.05, 0) is 50.2 Å². The van der Waals surface area contributed by atoms with E-state index < -0.39 is 20.0 Å². The lowest BCUT2D eigenvalue weighted by molar-refractivity contribution is 0.416. The van der Waals surface area contributed by atoms with E-state index in [1.54, 1.807) is 37.3 Å². The van der Waals surface area contributed by atoms with E-state index in [4.69, 9.17) is 9.47 Å². The summed E-state index contributed by atoms with van der Waals surface area (Å²) in [5, 5.41) is 0. The summed E-state index contributed by atoms with van der Waals surface area (Å²) in [6.07, 6.45) is 0. The summed E-state index contributed by atoms with van der Waals surface area (Å²) >= 11 is 1.36. The second-order valence-electron chi connectivity index (χ2n) is 6.55. The van der Waals surface area contributed by atoms with Crippen molar-refractivity contribution < 1.29 is 26.3 Å². The third-order valence-electron chi connectivity index (χ3n) is 4.36. The minimum atomic E-state index is -4.04. The molecule has 0 saturated carbocycles. The second-order valence-corrected chi connectivity index (χ2v) is 11.3. The summed E-state index contributed by atoms with van der Waals surface area (Å²) < 4.78 is 67.0. The fourth-order valence-corrected chi connectivity index (χ4v) is 6.65. The van der Waals surface area contributed by atoms with Crippen molar-refractivity contribution in [3.05, 3.63) is 58.3 Å². The van der Waals surface area contributed by atoms with Crippen LogP contribution in [-0.4, -0.2) is 31.1 Å². The van der Waals surface area contributed by atoms with Crippen LogP contribution in [0.2, 0.25) is 0 Å². The lowest BCUT2D eigenvalue weighted by Gasteiger charge is -2.15. The summed E-state index contributed by atoms with van der Waals surface area (Å²) in [7, 11) is -5.18. The molecule has 0 aliphatic carbocycles. The number of nitrogens with one attached hydrogen (secondary N) is 2. The molecule has 0 aliphatic heterocycles. The first-order valence-electron chi connectivity index (χ1n) is 9.01. The Balaban J connectivity index is 1.99. The molecule has 0 atom stereocenters. The zero-order chi connectivity index (χ0) is 22.8. The van der Waals surface area contributed by atoms with Crippen molar-refractivity contribution >= 4 is 42.8 Å². The van der Waals surface area contributed by atoms with E-state index in [0.717, 1.165) is 4.88 Å². The Morgan fingerprint density at radius 1 is 0.774 bits per heavy atom. The molecule has 1 aromatic heterocycles. The van der Waals surface area contributed by atoms with Crippen LogP contribution >= 0.6 is 11.3 Å².